The lowest BCUT2D eigenvalue weighted by molar-refractivity contribution is 0.0600. The maximum atomic E-state index is 12.4. The maximum absolute atomic E-state index is 12.4. The van der Waals surface area contributed by atoms with Gasteiger partial charge in [0.05, 0.1) is 24.0 Å². The molecule has 1 heterocycles. The maximum Gasteiger partial charge on any atom is 0.341 e. The summed E-state index contributed by atoms with van der Waals surface area (Å²) in [6, 6.07) is 14.0. The Morgan fingerprint density at radius 1 is 1.16 bits per heavy atom. The molecular formula is C20H19BrN2O2. The summed E-state index contributed by atoms with van der Waals surface area (Å²) in [6.07, 6.45) is 0. The highest BCUT2D eigenvalue weighted by molar-refractivity contribution is 9.10. The number of ether oxygens (including phenoxy) is 1. The van der Waals surface area contributed by atoms with Gasteiger partial charge < -0.3 is 10.1 Å². The molecule has 0 saturated carbocycles. The average molecular weight is 399 g/mol. The topological polar surface area (TPSA) is 51.2 Å². The summed E-state index contributed by atoms with van der Waals surface area (Å²) < 4.78 is 6.02. The first-order valence-electron chi connectivity index (χ1n) is 7.98. The Morgan fingerprint density at radius 3 is 2.56 bits per heavy atom. The van der Waals surface area contributed by atoms with E-state index >= 15 is 0 Å². The van der Waals surface area contributed by atoms with Gasteiger partial charge in [0.25, 0.3) is 0 Å². The molecule has 3 aromatic rings. The molecule has 0 atom stereocenters. The third kappa shape index (κ3) is 3.51. The van der Waals surface area contributed by atoms with E-state index in [-0.39, 0.29) is 5.97 Å². The number of carbonyl (C=O) groups is 1. The van der Waals surface area contributed by atoms with Crippen molar-refractivity contribution in [2.24, 2.45) is 0 Å². The zero-order valence-corrected chi connectivity index (χ0v) is 16.0. The molecule has 5 heteroatoms. The second-order valence-electron chi connectivity index (χ2n) is 5.89. The van der Waals surface area contributed by atoms with E-state index in [1.54, 1.807) is 0 Å². The van der Waals surface area contributed by atoms with Crippen molar-refractivity contribution in [1.82, 2.24) is 4.98 Å². The van der Waals surface area contributed by atoms with E-state index in [2.05, 4.69) is 26.2 Å². The summed E-state index contributed by atoms with van der Waals surface area (Å²) in [4.78, 5) is 16.9. The zero-order valence-electron chi connectivity index (χ0n) is 14.4. The van der Waals surface area contributed by atoms with Gasteiger partial charge in [-0.3, -0.25) is 4.98 Å². The van der Waals surface area contributed by atoms with Gasteiger partial charge >= 0.3 is 5.97 Å². The highest BCUT2D eigenvalue weighted by Crippen LogP contribution is 2.32. The number of hydrogen-bond acceptors (Lipinski definition) is 4. The number of aromatic nitrogens is 1. The minimum atomic E-state index is -0.381. The van der Waals surface area contributed by atoms with Crippen LogP contribution in [0.3, 0.4) is 0 Å². The molecule has 0 amide bonds. The first-order valence-corrected chi connectivity index (χ1v) is 8.77. The van der Waals surface area contributed by atoms with E-state index in [0.717, 1.165) is 32.2 Å². The van der Waals surface area contributed by atoms with Gasteiger partial charge in [0, 0.05) is 16.4 Å². The first-order chi connectivity index (χ1) is 12.0. The number of carbonyl (C=O) groups excluding carboxylic acids is 1. The Labute approximate surface area is 155 Å². The monoisotopic (exact) mass is 398 g/mol. The molecule has 0 aliphatic heterocycles. The molecule has 128 valence electrons. The van der Waals surface area contributed by atoms with Crippen LogP contribution in [-0.4, -0.2) is 18.1 Å². The van der Waals surface area contributed by atoms with E-state index in [0.29, 0.717) is 17.8 Å². The number of methoxy groups -OCH3 is 1. The minimum Gasteiger partial charge on any atom is -0.465 e. The lowest BCUT2D eigenvalue weighted by Gasteiger charge is -2.17. The average Bonchev–Trinajstić information content (AvgIpc) is 2.60. The molecule has 4 nitrogen and oxygen atoms in total. The van der Waals surface area contributed by atoms with Crippen LogP contribution in [0.2, 0.25) is 0 Å². The summed E-state index contributed by atoms with van der Waals surface area (Å²) in [6.45, 7) is 4.45. The lowest BCUT2D eigenvalue weighted by atomic mass is 10.0. The zero-order chi connectivity index (χ0) is 18.0. The van der Waals surface area contributed by atoms with E-state index < -0.39 is 0 Å². The molecule has 0 fully saturated rings. The molecule has 0 bridgehead atoms. The van der Waals surface area contributed by atoms with Crippen molar-refractivity contribution in [1.29, 1.82) is 0 Å². The fraction of sp³-hybridized carbons (Fsp3) is 0.200. The Balaban J connectivity index is 2.12. The number of aryl methyl sites for hydroxylation is 2. The van der Waals surface area contributed by atoms with Crippen LogP contribution in [0.5, 0.6) is 0 Å². The Bertz CT molecular complexity index is 937. The highest BCUT2D eigenvalue weighted by atomic mass is 79.9. The molecular weight excluding hydrogens is 380 g/mol. The summed E-state index contributed by atoms with van der Waals surface area (Å²) >= 11 is 3.44. The predicted octanol–water partition coefficient (Wildman–Crippen LogP) is 5.01. The van der Waals surface area contributed by atoms with Crippen LogP contribution < -0.4 is 5.32 Å². The van der Waals surface area contributed by atoms with Crippen molar-refractivity contribution in [3.8, 4) is 0 Å². The molecule has 0 unspecified atom stereocenters. The van der Waals surface area contributed by atoms with Gasteiger partial charge in [-0.2, -0.15) is 0 Å². The number of anilines is 1. The van der Waals surface area contributed by atoms with E-state index in [9.17, 15) is 4.79 Å². The standard InChI is InChI=1S/C20H19BrN2O2/c1-12-5-4-6-16-17(12)19(18(13(2)23-16)20(24)25-3)22-11-14-7-9-15(21)10-8-14/h4-10H,11H2,1-3H3,(H,22,23). The van der Waals surface area contributed by atoms with Gasteiger partial charge in [-0.15, -0.1) is 0 Å². The number of benzene rings is 2. The number of esters is 1. The molecule has 25 heavy (non-hydrogen) atoms. The molecule has 0 spiro atoms. The minimum absolute atomic E-state index is 0.381. The van der Waals surface area contributed by atoms with Gasteiger partial charge in [0.1, 0.15) is 5.56 Å². The lowest BCUT2D eigenvalue weighted by Crippen LogP contribution is -2.12. The molecule has 3 rings (SSSR count). The fourth-order valence-corrected chi connectivity index (χ4v) is 3.20. The number of rotatable bonds is 4. The van der Waals surface area contributed by atoms with E-state index in [4.69, 9.17) is 4.74 Å². The van der Waals surface area contributed by atoms with Crippen LogP contribution in [0, 0.1) is 13.8 Å². The van der Waals surface area contributed by atoms with Gasteiger partial charge in [-0.25, -0.2) is 4.79 Å². The van der Waals surface area contributed by atoms with Crippen LogP contribution >= 0.6 is 15.9 Å². The quantitative estimate of drug-likeness (QED) is 0.627. The number of fused-ring (bicyclic) bond motifs is 1. The largest absolute Gasteiger partial charge is 0.465 e. The van der Waals surface area contributed by atoms with E-state index in [1.807, 2.05) is 56.3 Å². The van der Waals surface area contributed by atoms with Crippen LogP contribution in [-0.2, 0) is 11.3 Å². The Hall–Kier alpha value is -2.40. The summed E-state index contributed by atoms with van der Waals surface area (Å²) in [5.41, 5.74) is 4.96. The number of hydrogen-bond donors (Lipinski definition) is 1. The van der Waals surface area contributed by atoms with Crippen molar-refractivity contribution >= 4 is 38.5 Å². The van der Waals surface area contributed by atoms with Crippen LogP contribution in [0.1, 0.15) is 27.2 Å². The third-order valence-electron chi connectivity index (χ3n) is 4.17. The highest BCUT2D eigenvalue weighted by Gasteiger charge is 2.20. The molecule has 0 aliphatic rings. The Morgan fingerprint density at radius 2 is 1.88 bits per heavy atom. The fourth-order valence-electron chi connectivity index (χ4n) is 2.93. The van der Waals surface area contributed by atoms with Crippen molar-refractivity contribution in [2.75, 3.05) is 12.4 Å². The number of nitrogens with zero attached hydrogens (tertiary/aromatic N) is 1. The van der Waals surface area contributed by atoms with Crippen molar-refractivity contribution in [2.45, 2.75) is 20.4 Å². The molecule has 1 aromatic heterocycles. The summed E-state index contributed by atoms with van der Waals surface area (Å²) in [5, 5.41) is 4.38. The number of pyridine rings is 1. The summed E-state index contributed by atoms with van der Waals surface area (Å²) in [5.74, 6) is -0.381. The van der Waals surface area contributed by atoms with Gasteiger partial charge in [-0.1, -0.05) is 40.2 Å². The van der Waals surface area contributed by atoms with Gasteiger partial charge in [-0.05, 0) is 43.2 Å². The van der Waals surface area contributed by atoms with E-state index in [1.165, 1.54) is 7.11 Å². The Kier molecular flexibility index (Phi) is 5.04. The van der Waals surface area contributed by atoms with Crippen molar-refractivity contribution in [3.63, 3.8) is 0 Å². The first kappa shape index (κ1) is 17.4. The second kappa shape index (κ2) is 7.23. The predicted molar refractivity (Wildman–Crippen MR) is 104 cm³/mol. The number of halogens is 1. The SMILES string of the molecule is COC(=O)c1c(C)nc2cccc(C)c2c1NCc1ccc(Br)cc1. The molecule has 0 aliphatic carbocycles. The van der Waals surface area contributed by atoms with Crippen LogP contribution in [0.25, 0.3) is 10.9 Å². The smallest absolute Gasteiger partial charge is 0.341 e. The third-order valence-corrected chi connectivity index (χ3v) is 4.70. The van der Waals surface area contributed by atoms with Crippen LogP contribution in [0.4, 0.5) is 5.69 Å². The second-order valence-corrected chi connectivity index (χ2v) is 6.80. The molecule has 0 radical (unpaired) electrons. The molecule has 1 N–H and O–H groups in total. The van der Waals surface area contributed by atoms with Crippen molar-refractivity contribution in [3.05, 3.63) is 69.3 Å². The van der Waals surface area contributed by atoms with Crippen molar-refractivity contribution < 1.29 is 9.53 Å². The van der Waals surface area contributed by atoms with Crippen LogP contribution in [0.15, 0.2) is 46.9 Å². The normalized spacial score (nSPS) is 10.7. The molecule has 2 aromatic carbocycles. The molecule has 0 saturated heterocycles. The van der Waals surface area contributed by atoms with Gasteiger partial charge in [0.15, 0.2) is 0 Å². The number of nitrogens with one attached hydrogen (secondary N) is 1. The van der Waals surface area contributed by atoms with Gasteiger partial charge in [0.2, 0.25) is 0 Å². The summed E-state index contributed by atoms with van der Waals surface area (Å²) in [7, 11) is 1.39.